The monoisotopic (exact) mass is 235 g/mol. The Morgan fingerprint density at radius 2 is 2.00 bits per heavy atom. The number of nitrogens with one attached hydrogen (secondary N) is 1. The van der Waals surface area contributed by atoms with Crippen molar-refractivity contribution >= 4 is 0 Å². The fourth-order valence-corrected chi connectivity index (χ4v) is 1.69. The molecular formula is C14H21NO2. The van der Waals surface area contributed by atoms with Crippen LogP contribution >= 0.6 is 0 Å². The maximum Gasteiger partial charge on any atom is 0.123 e. The van der Waals surface area contributed by atoms with E-state index in [4.69, 9.17) is 9.47 Å². The lowest BCUT2D eigenvalue weighted by Crippen LogP contribution is -2.23. The first-order valence-electron chi connectivity index (χ1n) is 6.45. The summed E-state index contributed by atoms with van der Waals surface area (Å²) in [6.45, 7) is 5.43. The average Bonchev–Trinajstić information content (AvgIpc) is 3.14. The fourth-order valence-electron chi connectivity index (χ4n) is 1.69. The topological polar surface area (TPSA) is 30.5 Å². The molecule has 17 heavy (non-hydrogen) atoms. The van der Waals surface area contributed by atoms with E-state index in [1.807, 2.05) is 31.2 Å². The Labute approximate surface area is 103 Å². The van der Waals surface area contributed by atoms with Gasteiger partial charge in [0.1, 0.15) is 18.1 Å². The molecule has 0 spiro atoms. The highest BCUT2D eigenvalue weighted by atomic mass is 16.5. The van der Waals surface area contributed by atoms with E-state index < -0.39 is 0 Å². The summed E-state index contributed by atoms with van der Waals surface area (Å²) in [5.74, 6) is 2.68. The molecule has 1 aromatic carbocycles. The van der Waals surface area contributed by atoms with Crippen LogP contribution < -0.4 is 14.8 Å². The largest absolute Gasteiger partial charge is 0.494 e. The van der Waals surface area contributed by atoms with E-state index in [1.165, 1.54) is 12.8 Å². The molecule has 1 aromatic rings. The number of rotatable bonds is 8. The van der Waals surface area contributed by atoms with Crippen molar-refractivity contribution in [2.45, 2.75) is 19.8 Å². The molecule has 1 aliphatic rings. The fraction of sp³-hybridized carbons (Fsp3) is 0.571. The predicted molar refractivity (Wildman–Crippen MR) is 68.7 cm³/mol. The van der Waals surface area contributed by atoms with Gasteiger partial charge in [-0.25, -0.2) is 0 Å². The van der Waals surface area contributed by atoms with Crippen LogP contribution in [0, 0.1) is 5.92 Å². The minimum atomic E-state index is 0.687. The van der Waals surface area contributed by atoms with Gasteiger partial charge in [-0.3, -0.25) is 0 Å². The third-order valence-electron chi connectivity index (χ3n) is 2.79. The SMILES string of the molecule is CCOc1cccc(OCCNCC2CC2)c1. The van der Waals surface area contributed by atoms with Gasteiger partial charge < -0.3 is 14.8 Å². The van der Waals surface area contributed by atoms with Gasteiger partial charge in [-0.2, -0.15) is 0 Å². The van der Waals surface area contributed by atoms with Gasteiger partial charge in [0.25, 0.3) is 0 Å². The van der Waals surface area contributed by atoms with Gasteiger partial charge in [0.05, 0.1) is 6.61 Å². The number of ether oxygens (including phenoxy) is 2. The molecular weight excluding hydrogens is 214 g/mol. The molecule has 1 N–H and O–H groups in total. The normalized spacial score (nSPS) is 14.6. The van der Waals surface area contributed by atoms with Crippen LogP contribution in [0.5, 0.6) is 11.5 Å². The molecule has 1 aliphatic carbocycles. The van der Waals surface area contributed by atoms with E-state index >= 15 is 0 Å². The molecule has 0 bridgehead atoms. The van der Waals surface area contributed by atoms with E-state index in [0.29, 0.717) is 13.2 Å². The highest BCUT2D eigenvalue weighted by Gasteiger charge is 2.19. The zero-order valence-electron chi connectivity index (χ0n) is 10.4. The molecule has 0 radical (unpaired) electrons. The lowest BCUT2D eigenvalue weighted by Gasteiger charge is -2.09. The Morgan fingerprint density at radius 3 is 2.71 bits per heavy atom. The van der Waals surface area contributed by atoms with Gasteiger partial charge in [-0.05, 0) is 44.4 Å². The molecule has 0 atom stereocenters. The smallest absolute Gasteiger partial charge is 0.123 e. The molecule has 0 aliphatic heterocycles. The second-order valence-electron chi connectivity index (χ2n) is 4.40. The summed E-state index contributed by atoms with van der Waals surface area (Å²) < 4.78 is 11.1. The minimum Gasteiger partial charge on any atom is -0.494 e. The molecule has 0 amide bonds. The summed E-state index contributed by atoms with van der Waals surface area (Å²) in [5.41, 5.74) is 0. The van der Waals surface area contributed by atoms with E-state index in [-0.39, 0.29) is 0 Å². The van der Waals surface area contributed by atoms with Crippen molar-refractivity contribution in [2.75, 3.05) is 26.3 Å². The summed E-state index contributed by atoms with van der Waals surface area (Å²) in [6, 6.07) is 7.80. The molecule has 0 saturated heterocycles. The van der Waals surface area contributed by atoms with Gasteiger partial charge in [0.15, 0.2) is 0 Å². The summed E-state index contributed by atoms with van der Waals surface area (Å²) in [7, 11) is 0. The molecule has 2 rings (SSSR count). The lowest BCUT2D eigenvalue weighted by molar-refractivity contribution is 0.306. The Morgan fingerprint density at radius 1 is 1.24 bits per heavy atom. The third kappa shape index (κ3) is 4.65. The lowest BCUT2D eigenvalue weighted by atomic mass is 10.3. The van der Waals surface area contributed by atoms with Crippen molar-refractivity contribution in [3.05, 3.63) is 24.3 Å². The Bertz CT molecular complexity index is 337. The Kier molecular flexibility index (Phi) is 4.68. The maximum atomic E-state index is 5.65. The van der Waals surface area contributed by atoms with Gasteiger partial charge in [0.2, 0.25) is 0 Å². The van der Waals surface area contributed by atoms with Crippen LogP contribution in [-0.2, 0) is 0 Å². The van der Waals surface area contributed by atoms with Crippen molar-refractivity contribution in [3.63, 3.8) is 0 Å². The highest BCUT2D eigenvalue weighted by Crippen LogP contribution is 2.27. The third-order valence-corrected chi connectivity index (χ3v) is 2.79. The van der Waals surface area contributed by atoms with Crippen molar-refractivity contribution in [1.29, 1.82) is 0 Å². The number of hydrogen-bond acceptors (Lipinski definition) is 3. The number of hydrogen-bond donors (Lipinski definition) is 1. The molecule has 0 unspecified atom stereocenters. The standard InChI is InChI=1S/C14H21NO2/c1-2-16-13-4-3-5-14(10-13)17-9-8-15-11-12-6-7-12/h3-5,10,12,15H,2,6-9,11H2,1H3. The number of benzene rings is 1. The maximum absolute atomic E-state index is 5.65. The van der Waals surface area contributed by atoms with Crippen molar-refractivity contribution in [2.24, 2.45) is 5.92 Å². The molecule has 1 fully saturated rings. The van der Waals surface area contributed by atoms with Crippen LogP contribution in [0.1, 0.15) is 19.8 Å². The summed E-state index contributed by atoms with van der Waals surface area (Å²) in [4.78, 5) is 0. The Hall–Kier alpha value is -1.22. The van der Waals surface area contributed by atoms with Crippen LogP contribution in [0.3, 0.4) is 0 Å². The molecule has 3 heteroatoms. The minimum absolute atomic E-state index is 0.687. The molecule has 0 aromatic heterocycles. The van der Waals surface area contributed by atoms with E-state index in [1.54, 1.807) is 0 Å². The van der Waals surface area contributed by atoms with Crippen molar-refractivity contribution < 1.29 is 9.47 Å². The highest BCUT2D eigenvalue weighted by molar-refractivity contribution is 5.32. The Balaban J connectivity index is 1.64. The van der Waals surface area contributed by atoms with Crippen LogP contribution in [0.25, 0.3) is 0 Å². The predicted octanol–water partition coefficient (Wildman–Crippen LogP) is 2.46. The van der Waals surface area contributed by atoms with Crippen LogP contribution in [0.4, 0.5) is 0 Å². The second kappa shape index (κ2) is 6.50. The van der Waals surface area contributed by atoms with Crippen molar-refractivity contribution in [3.8, 4) is 11.5 Å². The van der Waals surface area contributed by atoms with E-state index in [0.717, 1.165) is 30.5 Å². The quantitative estimate of drug-likeness (QED) is 0.702. The van der Waals surface area contributed by atoms with Gasteiger partial charge in [-0.15, -0.1) is 0 Å². The van der Waals surface area contributed by atoms with Crippen LogP contribution in [0.2, 0.25) is 0 Å². The molecule has 1 saturated carbocycles. The second-order valence-corrected chi connectivity index (χ2v) is 4.40. The molecule has 0 heterocycles. The summed E-state index contributed by atoms with van der Waals surface area (Å²) in [6.07, 6.45) is 2.79. The summed E-state index contributed by atoms with van der Waals surface area (Å²) in [5, 5.41) is 3.40. The van der Waals surface area contributed by atoms with Crippen molar-refractivity contribution in [1.82, 2.24) is 5.32 Å². The first-order chi connectivity index (χ1) is 8.38. The van der Waals surface area contributed by atoms with Crippen LogP contribution in [0.15, 0.2) is 24.3 Å². The molecule has 3 nitrogen and oxygen atoms in total. The average molecular weight is 235 g/mol. The van der Waals surface area contributed by atoms with Gasteiger partial charge in [-0.1, -0.05) is 6.07 Å². The van der Waals surface area contributed by atoms with E-state index in [2.05, 4.69) is 5.32 Å². The summed E-state index contributed by atoms with van der Waals surface area (Å²) >= 11 is 0. The van der Waals surface area contributed by atoms with Gasteiger partial charge >= 0.3 is 0 Å². The van der Waals surface area contributed by atoms with Gasteiger partial charge in [0, 0.05) is 12.6 Å². The zero-order valence-corrected chi connectivity index (χ0v) is 10.4. The van der Waals surface area contributed by atoms with E-state index in [9.17, 15) is 0 Å². The first kappa shape index (κ1) is 12.2. The zero-order chi connectivity index (χ0) is 11.9. The first-order valence-corrected chi connectivity index (χ1v) is 6.45. The molecule has 94 valence electrons. The van der Waals surface area contributed by atoms with Crippen LogP contribution in [-0.4, -0.2) is 26.3 Å².